The van der Waals surface area contributed by atoms with Crippen molar-refractivity contribution in [2.75, 3.05) is 24.7 Å². The van der Waals surface area contributed by atoms with Crippen molar-refractivity contribution in [2.24, 2.45) is 0 Å². The SMILES string of the molecule is CN(C)c1nc(N)c(Cc2cccc(F)c2)s1. The Morgan fingerprint density at radius 3 is 2.76 bits per heavy atom. The molecule has 0 atom stereocenters. The van der Waals surface area contributed by atoms with Gasteiger partial charge in [-0.15, -0.1) is 0 Å². The summed E-state index contributed by atoms with van der Waals surface area (Å²) in [5.74, 6) is 0.307. The van der Waals surface area contributed by atoms with Gasteiger partial charge in [0.05, 0.1) is 4.88 Å². The van der Waals surface area contributed by atoms with Crippen LogP contribution < -0.4 is 10.6 Å². The lowest BCUT2D eigenvalue weighted by Gasteiger charge is -2.05. The average molecular weight is 251 g/mol. The Morgan fingerprint density at radius 1 is 1.41 bits per heavy atom. The maximum atomic E-state index is 13.1. The van der Waals surface area contributed by atoms with Crippen molar-refractivity contribution in [2.45, 2.75) is 6.42 Å². The molecule has 1 aromatic carbocycles. The molecule has 0 spiro atoms. The van der Waals surface area contributed by atoms with Crippen LogP contribution in [0, 0.1) is 5.82 Å². The van der Waals surface area contributed by atoms with Crippen molar-refractivity contribution in [3.05, 3.63) is 40.5 Å². The number of nitrogen functional groups attached to an aromatic ring is 1. The number of hydrogen-bond donors (Lipinski definition) is 1. The van der Waals surface area contributed by atoms with Crippen molar-refractivity contribution >= 4 is 22.3 Å². The van der Waals surface area contributed by atoms with Crippen molar-refractivity contribution in [1.29, 1.82) is 0 Å². The van der Waals surface area contributed by atoms with Gasteiger partial charge in [-0.25, -0.2) is 9.37 Å². The molecule has 0 amide bonds. The summed E-state index contributed by atoms with van der Waals surface area (Å²) in [7, 11) is 3.84. The van der Waals surface area contributed by atoms with Gasteiger partial charge in [-0.3, -0.25) is 0 Å². The van der Waals surface area contributed by atoms with E-state index in [0.29, 0.717) is 12.2 Å². The van der Waals surface area contributed by atoms with E-state index >= 15 is 0 Å². The highest BCUT2D eigenvalue weighted by atomic mass is 32.1. The minimum atomic E-state index is -0.224. The first-order chi connectivity index (χ1) is 8.06. The normalized spacial score (nSPS) is 10.5. The first-order valence-corrected chi connectivity index (χ1v) is 6.05. The van der Waals surface area contributed by atoms with Crippen molar-refractivity contribution in [1.82, 2.24) is 4.98 Å². The van der Waals surface area contributed by atoms with Gasteiger partial charge < -0.3 is 10.6 Å². The number of halogens is 1. The predicted octanol–water partition coefficient (Wildman–Crippen LogP) is 2.52. The van der Waals surface area contributed by atoms with Crippen LogP contribution in [0.4, 0.5) is 15.3 Å². The van der Waals surface area contributed by atoms with E-state index in [9.17, 15) is 4.39 Å². The Bertz CT molecular complexity index is 522. The molecule has 0 aliphatic carbocycles. The molecule has 2 rings (SSSR count). The first kappa shape index (κ1) is 11.9. The lowest BCUT2D eigenvalue weighted by molar-refractivity contribution is 0.626. The lowest BCUT2D eigenvalue weighted by atomic mass is 10.1. The fraction of sp³-hybridized carbons (Fsp3) is 0.250. The van der Waals surface area contributed by atoms with Gasteiger partial charge in [0.25, 0.3) is 0 Å². The highest BCUT2D eigenvalue weighted by Crippen LogP contribution is 2.28. The van der Waals surface area contributed by atoms with Gasteiger partial charge in [0.2, 0.25) is 0 Å². The molecule has 2 N–H and O–H groups in total. The fourth-order valence-corrected chi connectivity index (χ4v) is 2.44. The summed E-state index contributed by atoms with van der Waals surface area (Å²) in [4.78, 5) is 7.14. The minimum absolute atomic E-state index is 0.224. The monoisotopic (exact) mass is 251 g/mol. The molecule has 2 aromatic rings. The summed E-state index contributed by atoms with van der Waals surface area (Å²) in [6.07, 6.45) is 0.620. The number of thiazole rings is 1. The molecule has 0 aliphatic heterocycles. The Balaban J connectivity index is 2.24. The smallest absolute Gasteiger partial charge is 0.187 e. The van der Waals surface area contributed by atoms with Crippen molar-refractivity contribution < 1.29 is 4.39 Å². The second-order valence-electron chi connectivity index (χ2n) is 4.01. The number of nitrogens with zero attached hydrogens (tertiary/aromatic N) is 2. The number of rotatable bonds is 3. The van der Waals surface area contributed by atoms with Gasteiger partial charge in [0, 0.05) is 20.5 Å². The molecule has 0 radical (unpaired) electrons. The summed E-state index contributed by atoms with van der Waals surface area (Å²) >= 11 is 1.54. The fourth-order valence-electron chi connectivity index (χ4n) is 1.50. The molecule has 0 aliphatic rings. The van der Waals surface area contributed by atoms with Crippen molar-refractivity contribution in [3.8, 4) is 0 Å². The zero-order chi connectivity index (χ0) is 12.4. The topological polar surface area (TPSA) is 42.2 Å². The molecule has 0 fully saturated rings. The van der Waals surface area contributed by atoms with Gasteiger partial charge in [0.1, 0.15) is 11.6 Å². The van der Waals surface area contributed by atoms with Crippen LogP contribution in [0.2, 0.25) is 0 Å². The van der Waals surface area contributed by atoms with E-state index in [-0.39, 0.29) is 5.82 Å². The first-order valence-electron chi connectivity index (χ1n) is 5.23. The van der Waals surface area contributed by atoms with Crippen LogP contribution >= 0.6 is 11.3 Å². The standard InChI is InChI=1S/C12H14FN3S/c1-16(2)12-15-11(14)10(17-12)7-8-4-3-5-9(13)6-8/h3-6H,7,14H2,1-2H3. The Kier molecular flexibility index (Phi) is 3.28. The van der Waals surface area contributed by atoms with Gasteiger partial charge in [-0.2, -0.15) is 0 Å². The summed E-state index contributed by atoms with van der Waals surface area (Å²) in [5, 5.41) is 0.869. The van der Waals surface area contributed by atoms with Gasteiger partial charge in [0.15, 0.2) is 5.13 Å². The highest BCUT2D eigenvalue weighted by molar-refractivity contribution is 7.16. The summed E-state index contributed by atoms with van der Waals surface area (Å²) in [5.41, 5.74) is 6.75. The Morgan fingerprint density at radius 2 is 2.18 bits per heavy atom. The van der Waals surface area contributed by atoms with Crippen molar-refractivity contribution in [3.63, 3.8) is 0 Å². The summed E-state index contributed by atoms with van der Waals surface area (Å²) < 4.78 is 13.1. The van der Waals surface area contributed by atoms with Crippen LogP contribution in [-0.4, -0.2) is 19.1 Å². The molecule has 0 saturated heterocycles. The third kappa shape index (κ3) is 2.74. The molecule has 17 heavy (non-hydrogen) atoms. The Hall–Kier alpha value is -1.62. The zero-order valence-corrected chi connectivity index (χ0v) is 10.6. The van der Waals surface area contributed by atoms with Crippen LogP contribution in [0.5, 0.6) is 0 Å². The van der Waals surface area contributed by atoms with E-state index in [0.717, 1.165) is 15.6 Å². The summed E-state index contributed by atoms with van der Waals surface area (Å²) in [6.45, 7) is 0. The quantitative estimate of drug-likeness (QED) is 0.911. The van der Waals surface area contributed by atoms with E-state index in [2.05, 4.69) is 4.98 Å². The largest absolute Gasteiger partial charge is 0.383 e. The highest BCUT2D eigenvalue weighted by Gasteiger charge is 2.10. The molecule has 0 bridgehead atoms. The Labute approximate surface area is 104 Å². The van der Waals surface area contributed by atoms with Crippen LogP contribution in [0.15, 0.2) is 24.3 Å². The molecule has 1 heterocycles. The second kappa shape index (κ2) is 4.71. The molecular formula is C12H14FN3S. The van der Waals surface area contributed by atoms with Crippen LogP contribution in [0.25, 0.3) is 0 Å². The lowest BCUT2D eigenvalue weighted by Crippen LogP contribution is -2.07. The number of hydrogen-bond acceptors (Lipinski definition) is 4. The van der Waals surface area contributed by atoms with E-state index in [1.54, 1.807) is 6.07 Å². The van der Waals surface area contributed by atoms with Crippen LogP contribution in [0.1, 0.15) is 10.4 Å². The number of aromatic nitrogens is 1. The molecule has 0 unspecified atom stereocenters. The van der Waals surface area contributed by atoms with Crippen LogP contribution in [-0.2, 0) is 6.42 Å². The third-order valence-corrected chi connectivity index (χ3v) is 3.59. The van der Waals surface area contributed by atoms with Gasteiger partial charge >= 0.3 is 0 Å². The van der Waals surface area contributed by atoms with E-state index < -0.39 is 0 Å². The van der Waals surface area contributed by atoms with E-state index in [1.807, 2.05) is 25.1 Å². The van der Waals surface area contributed by atoms with Gasteiger partial charge in [-0.1, -0.05) is 23.5 Å². The molecule has 5 heteroatoms. The third-order valence-electron chi connectivity index (χ3n) is 2.35. The number of benzene rings is 1. The molecule has 3 nitrogen and oxygen atoms in total. The summed E-state index contributed by atoms with van der Waals surface area (Å²) in [6, 6.07) is 6.55. The van der Waals surface area contributed by atoms with E-state index in [4.69, 9.17) is 5.73 Å². The van der Waals surface area contributed by atoms with Crippen LogP contribution in [0.3, 0.4) is 0 Å². The maximum absolute atomic E-state index is 13.1. The molecule has 0 saturated carbocycles. The number of nitrogens with two attached hydrogens (primary N) is 1. The predicted molar refractivity (Wildman–Crippen MR) is 70.1 cm³/mol. The molecular weight excluding hydrogens is 237 g/mol. The maximum Gasteiger partial charge on any atom is 0.187 e. The zero-order valence-electron chi connectivity index (χ0n) is 9.77. The molecule has 90 valence electrons. The van der Waals surface area contributed by atoms with Gasteiger partial charge in [-0.05, 0) is 17.7 Å². The number of anilines is 2. The minimum Gasteiger partial charge on any atom is -0.383 e. The average Bonchev–Trinajstić information content (AvgIpc) is 2.61. The second-order valence-corrected chi connectivity index (χ2v) is 5.07. The molecule has 1 aromatic heterocycles. The van der Waals surface area contributed by atoms with E-state index in [1.165, 1.54) is 23.5 Å².